The van der Waals surface area contributed by atoms with E-state index in [1.165, 1.54) is 29.1 Å². The first-order valence-electron chi connectivity index (χ1n) is 10.0. The molecule has 2 N–H and O–H groups in total. The molecule has 0 aliphatic heterocycles. The lowest BCUT2D eigenvalue weighted by Crippen LogP contribution is -2.34. The van der Waals surface area contributed by atoms with E-state index in [1.807, 2.05) is 30.3 Å². The Morgan fingerprint density at radius 1 is 1.11 bits per heavy atom. The van der Waals surface area contributed by atoms with Gasteiger partial charge in [-0.15, -0.1) is 10.2 Å². The van der Waals surface area contributed by atoms with Crippen LogP contribution in [-0.2, 0) is 7.05 Å². The molecule has 0 radical (unpaired) electrons. The molecule has 1 amide bonds. The molecule has 0 saturated carbocycles. The lowest BCUT2D eigenvalue weighted by Gasteiger charge is -2.07. The average Bonchev–Trinajstić information content (AvgIpc) is 3.36. The number of nitrogens with zero attached hydrogens (tertiary/aromatic N) is 5. The molecule has 2 aromatic carbocycles. The molecule has 2 heterocycles. The summed E-state index contributed by atoms with van der Waals surface area (Å²) in [6, 6.07) is 13.8. The lowest BCUT2D eigenvalue weighted by atomic mass is 10.2. The number of amides is 1. The molecule has 2 aromatic heterocycles. The number of rotatable bonds is 5. The van der Waals surface area contributed by atoms with E-state index in [2.05, 4.69) is 25.8 Å². The van der Waals surface area contributed by atoms with Gasteiger partial charge in [-0.05, 0) is 49.5 Å². The van der Waals surface area contributed by atoms with Gasteiger partial charge in [-0.2, -0.15) is 0 Å². The molecule has 0 spiro atoms. The lowest BCUT2D eigenvalue weighted by molar-refractivity contribution is 0.0977. The van der Waals surface area contributed by atoms with Crippen molar-refractivity contribution < 1.29 is 4.79 Å². The van der Waals surface area contributed by atoms with E-state index in [0.29, 0.717) is 26.4 Å². The Hall–Kier alpha value is -3.38. The molecule has 35 heavy (non-hydrogen) atoms. The second-order valence-electron chi connectivity index (χ2n) is 7.15. The van der Waals surface area contributed by atoms with Gasteiger partial charge in [0.25, 0.3) is 11.5 Å². The highest BCUT2D eigenvalue weighted by Gasteiger charge is 2.16. The standard InChI is InChI=1S/C22H17Cl2N7O2S2/c1-12-18(20(33)31(30(12)2)14-6-4-3-5-7-14)29-28-17-11-25-22(35-17)27-21(34)26-19(32)13-8-9-15(23)16(24)10-13/h3-11H,1-2H3,(H2,25,26,27,32,34). The van der Waals surface area contributed by atoms with Crippen molar-refractivity contribution in [2.45, 2.75) is 6.92 Å². The van der Waals surface area contributed by atoms with Crippen molar-refractivity contribution in [3.63, 3.8) is 0 Å². The highest BCUT2D eigenvalue weighted by molar-refractivity contribution is 7.80. The normalized spacial score (nSPS) is 11.1. The van der Waals surface area contributed by atoms with E-state index in [9.17, 15) is 9.59 Å². The third-order valence-electron chi connectivity index (χ3n) is 4.90. The summed E-state index contributed by atoms with van der Waals surface area (Å²) in [6.45, 7) is 1.80. The molecule has 0 aliphatic rings. The largest absolute Gasteiger partial charge is 0.308 e. The Morgan fingerprint density at radius 2 is 1.86 bits per heavy atom. The first kappa shape index (κ1) is 24.7. The van der Waals surface area contributed by atoms with Crippen molar-refractivity contribution in [2.75, 3.05) is 5.32 Å². The fourth-order valence-electron chi connectivity index (χ4n) is 3.08. The molecule has 9 nitrogen and oxygen atoms in total. The van der Waals surface area contributed by atoms with Crippen LogP contribution in [0.3, 0.4) is 0 Å². The number of hydrogen-bond acceptors (Lipinski definition) is 7. The van der Waals surface area contributed by atoms with E-state index in [4.69, 9.17) is 35.4 Å². The maximum Gasteiger partial charge on any atom is 0.299 e. The van der Waals surface area contributed by atoms with Crippen LogP contribution in [0.2, 0.25) is 10.0 Å². The number of carbonyl (C=O) groups is 1. The number of carbonyl (C=O) groups excluding carboxylic acids is 1. The predicted octanol–water partition coefficient (Wildman–Crippen LogP) is 5.79. The second kappa shape index (κ2) is 10.5. The summed E-state index contributed by atoms with van der Waals surface area (Å²) in [5.74, 6) is -0.452. The summed E-state index contributed by atoms with van der Waals surface area (Å²) in [5, 5.41) is 15.2. The number of benzene rings is 2. The van der Waals surface area contributed by atoms with Crippen molar-refractivity contribution in [1.29, 1.82) is 0 Å². The van der Waals surface area contributed by atoms with Gasteiger partial charge >= 0.3 is 0 Å². The van der Waals surface area contributed by atoms with Crippen LogP contribution in [0.5, 0.6) is 0 Å². The number of hydrogen-bond donors (Lipinski definition) is 2. The minimum absolute atomic E-state index is 0.0450. The molecule has 4 aromatic rings. The van der Waals surface area contributed by atoms with Crippen LogP contribution in [0, 0.1) is 6.92 Å². The minimum atomic E-state index is -0.452. The number of anilines is 1. The second-order valence-corrected chi connectivity index (χ2v) is 9.38. The topological polar surface area (TPSA) is 106 Å². The fraction of sp³-hybridized carbons (Fsp3) is 0.0909. The number of thiazole rings is 1. The van der Waals surface area contributed by atoms with E-state index >= 15 is 0 Å². The molecule has 178 valence electrons. The summed E-state index contributed by atoms with van der Waals surface area (Å²) >= 11 is 18.2. The number of nitrogens with one attached hydrogen (secondary N) is 2. The molecule has 0 aliphatic carbocycles. The summed E-state index contributed by atoms with van der Waals surface area (Å²) in [7, 11) is 1.78. The Morgan fingerprint density at radius 3 is 2.57 bits per heavy atom. The number of para-hydroxylation sites is 1. The van der Waals surface area contributed by atoms with Gasteiger partial charge in [-0.1, -0.05) is 52.7 Å². The summed E-state index contributed by atoms with van der Waals surface area (Å²) in [4.78, 5) is 29.5. The zero-order valence-corrected chi connectivity index (χ0v) is 21.5. The molecule has 4 rings (SSSR count). The SMILES string of the molecule is Cc1c(N=Nc2cnc(NC(=S)NC(=O)c3ccc(Cl)c(Cl)c3)s2)c(=O)n(-c2ccccc2)n1C. The average molecular weight is 546 g/mol. The monoisotopic (exact) mass is 545 g/mol. The van der Waals surface area contributed by atoms with Gasteiger partial charge in [0.2, 0.25) is 0 Å². The third kappa shape index (κ3) is 5.49. The number of halogens is 2. The van der Waals surface area contributed by atoms with Crippen LogP contribution < -0.4 is 16.2 Å². The highest BCUT2D eigenvalue weighted by atomic mass is 35.5. The maximum atomic E-state index is 12.9. The quantitative estimate of drug-likeness (QED) is 0.244. The Labute approximate surface area is 219 Å². The molecular weight excluding hydrogens is 529 g/mol. The molecule has 0 bridgehead atoms. The Bertz CT molecular complexity index is 1510. The zero-order chi connectivity index (χ0) is 25.1. The van der Waals surface area contributed by atoms with Crippen molar-refractivity contribution in [2.24, 2.45) is 17.3 Å². The molecular formula is C22H17Cl2N7O2S2. The summed E-state index contributed by atoms with van der Waals surface area (Å²) in [6.07, 6.45) is 1.48. The molecule has 0 atom stereocenters. The molecule has 0 unspecified atom stereocenters. The first-order chi connectivity index (χ1) is 16.7. The van der Waals surface area contributed by atoms with Gasteiger partial charge in [0.05, 0.1) is 27.6 Å². The van der Waals surface area contributed by atoms with Gasteiger partial charge in [0, 0.05) is 12.6 Å². The van der Waals surface area contributed by atoms with Gasteiger partial charge in [-0.3, -0.25) is 19.6 Å². The van der Waals surface area contributed by atoms with Crippen molar-refractivity contribution >= 4 is 73.6 Å². The molecule has 0 saturated heterocycles. The zero-order valence-electron chi connectivity index (χ0n) is 18.3. The van der Waals surface area contributed by atoms with E-state index in [1.54, 1.807) is 18.7 Å². The minimum Gasteiger partial charge on any atom is -0.308 e. The van der Waals surface area contributed by atoms with Gasteiger partial charge in [0.1, 0.15) is 0 Å². The van der Waals surface area contributed by atoms with Crippen LogP contribution in [0.4, 0.5) is 15.8 Å². The fourth-order valence-corrected chi connectivity index (χ4v) is 4.28. The first-order valence-corrected chi connectivity index (χ1v) is 12.0. The van der Waals surface area contributed by atoms with E-state index in [-0.39, 0.29) is 21.4 Å². The van der Waals surface area contributed by atoms with Crippen molar-refractivity contribution in [3.8, 4) is 5.69 Å². The van der Waals surface area contributed by atoms with Gasteiger partial charge in [-0.25, -0.2) is 9.67 Å². The maximum absolute atomic E-state index is 12.9. The summed E-state index contributed by atoms with van der Waals surface area (Å²) < 4.78 is 3.25. The number of azo groups is 1. The van der Waals surface area contributed by atoms with Gasteiger partial charge in [0.15, 0.2) is 20.9 Å². The van der Waals surface area contributed by atoms with Crippen LogP contribution in [-0.4, -0.2) is 25.4 Å². The van der Waals surface area contributed by atoms with Crippen LogP contribution >= 0.6 is 46.8 Å². The van der Waals surface area contributed by atoms with E-state index in [0.717, 1.165) is 17.0 Å². The number of thiocarbonyl (C=S) groups is 1. The van der Waals surface area contributed by atoms with Crippen LogP contribution in [0.25, 0.3) is 5.69 Å². The molecule has 13 heteroatoms. The van der Waals surface area contributed by atoms with Crippen molar-refractivity contribution in [1.82, 2.24) is 19.7 Å². The van der Waals surface area contributed by atoms with Crippen LogP contribution in [0.15, 0.2) is 69.8 Å². The highest BCUT2D eigenvalue weighted by Crippen LogP contribution is 2.28. The summed E-state index contributed by atoms with van der Waals surface area (Å²) in [5.41, 5.74) is 1.64. The number of aromatic nitrogens is 3. The third-order valence-corrected chi connectivity index (χ3v) is 6.64. The Kier molecular flexibility index (Phi) is 7.41. The van der Waals surface area contributed by atoms with Crippen LogP contribution in [0.1, 0.15) is 16.1 Å². The van der Waals surface area contributed by atoms with Gasteiger partial charge < -0.3 is 5.32 Å². The smallest absolute Gasteiger partial charge is 0.299 e. The predicted molar refractivity (Wildman–Crippen MR) is 142 cm³/mol. The Balaban J connectivity index is 1.44. The van der Waals surface area contributed by atoms with Crippen molar-refractivity contribution in [3.05, 3.63) is 86.4 Å². The van der Waals surface area contributed by atoms with E-state index < -0.39 is 5.91 Å². The molecule has 0 fully saturated rings.